The zero-order valence-corrected chi connectivity index (χ0v) is 14.0. The number of aromatic nitrogens is 2. The summed E-state index contributed by atoms with van der Waals surface area (Å²) in [5.74, 6) is 1.94. The van der Waals surface area contributed by atoms with Gasteiger partial charge in [-0.1, -0.05) is 12.1 Å². The fourth-order valence-electron chi connectivity index (χ4n) is 2.93. The molecule has 0 saturated carbocycles. The molecule has 2 aromatic rings. The highest BCUT2D eigenvalue weighted by atomic mass is 16.5. The number of piperidine rings is 1. The van der Waals surface area contributed by atoms with Crippen molar-refractivity contribution in [1.29, 1.82) is 0 Å². The lowest BCUT2D eigenvalue weighted by Gasteiger charge is -2.30. The standard InChI is InChI=1S/C17H22N4O3/c1-12-19-20-16(24-12)11-21-9-7-13(8-10-21)17(22)18-14-5-3-4-6-15(14)23-2/h3-6,13H,7-11H2,1-2H3,(H,18,22). The number of hydrogen-bond donors (Lipinski definition) is 1. The van der Waals surface area contributed by atoms with E-state index in [1.807, 2.05) is 24.3 Å². The molecule has 0 unspecified atom stereocenters. The number of aryl methyl sites for hydroxylation is 1. The third-order valence-electron chi connectivity index (χ3n) is 4.25. The van der Waals surface area contributed by atoms with Crippen molar-refractivity contribution in [2.45, 2.75) is 26.3 Å². The van der Waals surface area contributed by atoms with Crippen LogP contribution in [-0.4, -0.2) is 41.2 Å². The minimum atomic E-state index is 0.00980. The highest BCUT2D eigenvalue weighted by Gasteiger charge is 2.26. The van der Waals surface area contributed by atoms with Crippen LogP contribution in [0.5, 0.6) is 5.75 Å². The van der Waals surface area contributed by atoms with Gasteiger partial charge < -0.3 is 14.5 Å². The van der Waals surface area contributed by atoms with Crippen molar-refractivity contribution in [3.05, 3.63) is 36.0 Å². The van der Waals surface area contributed by atoms with E-state index in [2.05, 4.69) is 20.4 Å². The third-order valence-corrected chi connectivity index (χ3v) is 4.25. The second-order valence-corrected chi connectivity index (χ2v) is 5.95. The van der Waals surface area contributed by atoms with Crippen molar-refractivity contribution >= 4 is 11.6 Å². The van der Waals surface area contributed by atoms with Crippen LogP contribution < -0.4 is 10.1 Å². The molecule has 1 fully saturated rings. The van der Waals surface area contributed by atoms with Gasteiger partial charge in [-0.25, -0.2) is 0 Å². The molecule has 0 spiro atoms. The molecule has 24 heavy (non-hydrogen) atoms. The third kappa shape index (κ3) is 3.91. The maximum absolute atomic E-state index is 12.5. The molecule has 2 heterocycles. The zero-order chi connectivity index (χ0) is 16.9. The predicted molar refractivity (Wildman–Crippen MR) is 88.7 cm³/mol. The first kappa shape index (κ1) is 16.4. The second kappa shape index (κ2) is 7.44. The molecule has 1 saturated heterocycles. The van der Waals surface area contributed by atoms with Gasteiger partial charge in [0.2, 0.25) is 17.7 Å². The summed E-state index contributed by atoms with van der Waals surface area (Å²) in [7, 11) is 1.60. The Morgan fingerprint density at radius 3 is 2.75 bits per heavy atom. The number of hydrogen-bond acceptors (Lipinski definition) is 6. The maximum Gasteiger partial charge on any atom is 0.230 e. The highest BCUT2D eigenvalue weighted by Crippen LogP contribution is 2.26. The first-order valence-electron chi connectivity index (χ1n) is 8.11. The van der Waals surface area contributed by atoms with Gasteiger partial charge >= 0.3 is 0 Å². The number of ether oxygens (including phenoxy) is 1. The molecule has 7 heteroatoms. The summed E-state index contributed by atoms with van der Waals surface area (Å²) in [6, 6.07) is 7.45. The Balaban J connectivity index is 1.51. The van der Waals surface area contributed by atoms with Gasteiger partial charge in [0.1, 0.15) is 5.75 Å². The van der Waals surface area contributed by atoms with Gasteiger partial charge in [0, 0.05) is 12.8 Å². The molecule has 1 aromatic carbocycles. The molecule has 1 amide bonds. The van der Waals surface area contributed by atoms with Crippen LogP contribution in [0.2, 0.25) is 0 Å². The summed E-state index contributed by atoms with van der Waals surface area (Å²) >= 11 is 0. The van der Waals surface area contributed by atoms with Crippen LogP contribution in [0.15, 0.2) is 28.7 Å². The predicted octanol–water partition coefficient (Wildman–Crippen LogP) is 2.24. The van der Waals surface area contributed by atoms with E-state index >= 15 is 0 Å². The molecule has 0 atom stereocenters. The smallest absolute Gasteiger partial charge is 0.230 e. The maximum atomic E-state index is 12.5. The lowest BCUT2D eigenvalue weighted by atomic mass is 9.96. The summed E-state index contributed by atoms with van der Waals surface area (Å²) in [6.45, 7) is 4.10. The molecular formula is C17H22N4O3. The van der Waals surface area contributed by atoms with E-state index in [1.54, 1.807) is 14.0 Å². The average Bonchev–Trinajstić information content (AvgIpc) is 3.01. The monoisotopic (exact) mass is 330 g/mol. The molecule has 1 aromatic heterocycles. The van der Waals surface area contributed by atoms with E-state index in [1.165, 1.54) is 0 Å². The fourth-order valence-corrected chi connectivity index (χ4v) is 2.93. The molecule has 1 aliphatic heterocycles. The van der Waals surface area contributed by atoms with E-state index in [-0.39, 0.29) is 11.8 Å². The second-order valence-electron chi connectivity index (χ2n) is 5.95. The Kier molecular flexibility index (Phi) is 5.10. The number of carbonyl (C=O) groups excluding carboxylic acids is 1. The van der Waals surface area contributed by atoms with E-state index in [4.69, 9.17) is 9.15 Å². The van der Waals surface area contributed by atoms with Crippen molar-refractivity contribution in [3.63, 3.8) is 0 Å². The van der Waals surface area contributed by atoms with Crippen LogP contribution in [0.25, 0.3) is 0 Å². The van der Waals surface area contributed by atoms with Crippen molar-refractivity contribution in [3.8, 4) is 5.75 Å². The number of likely N-dealkylation sites (tertiary alicyclic amines) is 1. The van der Waals surface area contributed by atoms with Crippen LogP contribution in [-0.2, 0) is 11.3 Å². The molecule has 3 rings (SSSR count). The highest BCUT2D eigenvalue weighted by molar-refractivity contribution is 5.94. The largest absolute Gasteiger partial charge is 0.495 e. The summed E-state index contributed by atoms with van der Waals surface area (Å²) in [5.41, 5.74) is 0.716. The van der Waals surface area contributed by atoms with E-state index < -0.39 is 0 Å². The van der Waals surface area contributed by atoms with Crippen LogP contribution in [0.4, 0.5) is 5.69 Å². The van der Waals surface area contributed by atoms with Crippen LogP contribution >= 0.6 is 0 Å². The van der Waals surface area contributed by atoms with Gasteiger partial charge in [-0.2, -0.15) is 0 Å². The molecule has 128 valence electrons. The van der Waals surface area contributed by atoms with E-state index in [0.29, 0.717) is 29.8 Å². The molecule has 7 nitrogen and oxygen atoms in total. The number of anilines is 1. The summed E-state index contributed by atoms with van der Waals surface area (Å²) in [4.78, 5) is 14.7. The fraction of sp³-hybridized carbons (Fsp3) is 0.471. The SMILES string of the molecule is COc1ccccc1NC(=O)C1CCN(Cc2nnc(C)o2)CC1. The van der Waals surface area contributed by atoms with Crippen molar-refractivity contribution in [1.82, 2.24) is 15.1 Å². The first-order valence-corrected chi connectivity index (χ1v) is 8.11. The summed E-state index contributed by atoms with van der Waals surface area (Å²) < 4.78 is 10.7. The molecule has 1 aliphatic rings. The Labute approximate surface area is 141 Å². The number of nitrogens with one attached hydrogen (secondary N) is 1. The van der Waals surface area contributed by atoms with Gasteiger partial charge in [-0.3, -0.25) is 9.69 Å². The Hall–Kier alpha value is -2.41. The number of nitrogens with zero attached hydrogens (tertiary/aromatic N) is 3. The number of methoxy groups -OCH3 is 1. The topological polar surface area (TPSA) is 80.5 Å². The molecule has 0 bridgehead atoms. The number of rotatable bonds is 5. The Bertz CT molecular complexity index is 693. The molecule has 1 N–H and O–H groups in total. The van der Waals surface area contributed by atoms with Crippen LogP contribution in [0, 0.1) is 12.8 Å². The summed E-state index contributed by atoms with van der Waals surface area (Å²) in [6.07, 6.45) is 1.63. The molecule has 0 aliphatic carbocycles. The van der Waals surface area contributed by atoms with E-state index in [0.717, 1.165) is 25.9 Å². The number of para-hydroxylation sites is 2. The normalized spacial score (nSPS) is 16.1. The average molecular weight is 330 g/mol. The van der Waals surface area contributed by atoms with Crippen LogP contribution in [0.3, 0.4) is 0 Å². The number of carbonyl (C=O) groups is 1. The minimum Gasteiger partial charge on any atom is -0.495 e. The van der Waals surface area contributed by atoms with Crippen molar-refractivity contribution in [2.75, 3.05) is 25.5 Å². The molecule has 0 radical (unpaired) electrons. The molecular weight excluding hydrogens is 308 g/mol. The minimum absolute atomic E-state index is 0.00980. The van der Waals surface area contributed by atoms with Gasteiger partial charge in [0.05, 0.1) is 19.3 Å². The van der Waals surface area contributed by atoms with Gasteiger partial charge in [0.15, 0.2) is 0 Å². The number of amides is 1. The number of benzene rings is 1. The Morgan fingerprint density at radius 1 is 1.33 bits per heavy atom. The first-order chi connectivity index (χ1) is 11.7. The lowest BCUT2D eigenvalue weighted by Crippen LogP contribution is -2.37. The Morgan fingerprint density at radius 2 is 2.08 bits per heavy atom. The lowest BCUT2D eigenvalue weighted by molar-refractivity contribution is -0.121. The van der Waals surface area contributed by atoms with E-state index in [9.17, 15) is 4.79 Å². The van der Waals surface area contributed by atoms with Gasteiger partial charge in [0.25, 0.3) is 0 Å². The van der Waals surface area contributed by atoms with Crippen molar-refractivity contribution in [2.24, 2.45) is 5.92 Å². The quantitative estimate of drug-likeness (QED) is 0.905. The zero-order valence-electron chi connectivity index (χ0n) is 14.0. The van der Waals surface area contributed by atoms with Gasteiger partial charge in [-0.15, -0.1) is 10.2 Å². The van der Waals surface area contributed by atoms with Crippen LogP contribution in [0.1, 0.15) is 24.6 Å². The summed E-state index contributed by atoms with van der Waals surface area (Å²) in [5, 5.41) is 10.8. The van der Waals surface area contributed by atoms with Crippen molar-refractivity contribution < 1.29 is 13.9 Å². The van der Waals surface area contributed by atoms with Gasteiger partial charge in [-0.05, 0) is 38.1 Å².